The van der Waals surface area contributed by atoms with Crippen LogP contribution in [0.5, 0.6) is 0 Å². The van der Waals surface area contributed by atoms with Gasteiger partial charge in [0.25, 0.3) is 0 Å². The molecular formula is C10H18N2O. The molecule has 3 unspecified atom stereocenters. The van der Waals surface area contributed by atoms with Gasteiger partial charge in [-0.3, -0.25) is 0 Å². The van der Waals surface area contributed by atoms with Crippen molar-refractivity contribution in [3.05, 3.63) is 0 Å². The van der Waals surface area contributed by atoms with Crippen molar-refractivity contribution in [3.63, 3.8) is 0 Å². The molecule has 0 aromatic carbocycles. The fourth-order valence-corrected chi connectivity index (χ4v) is 1.81. The molecular weight excluding hydrogens is 164 g/mol. The van der Waals surface area contributed by atoms with Crippen molar-refractivity contribution in [1.82, 2.24) is 0 Å². The summed E-state index contributed by atoms with van der Waals surface area (Å²) in [6, 6.07) is 1.51. The maximum absolute atomic E-state index is 8.46. The molecule has 0 amide bonds. The molecule has 1 aliphatic rings. The predicted octanol–water partition coefficient (Wildman–Crippen LogP) is 1.43. The molecule has 1 aliphatic carbocycles. The molecule has 0 spiro atoms. The first-order valence-corrected chi connectivity index (χ1v) is 4.99. The van der Waals surface area contributed by atoms with Crippen molar-refractivity contribution < 1.29 is 4.74 Å². The van der Waals surface area contributed by atoms with Crippen LogP contribution in [0.3, 0.4) is 0 Å². The first kappa shape index (κ1) is 10.5. The van der Waals surface area contributed by atoms with Crippen LogP contribution in [0.25, 0.3) is 0 Å². The van der Waals surface area contributed by atoms with Crippen LogP contribution in [0.4, 0.5) is 0 Å². The van der Waals surface area contributed by atoms with E-state index < -0.39 is 6.04 Å². The Kier molecular flexibility index (Phi) is 4.20. The Labute approximate surface area is 79.9 Å². The summed E-state index contributed by atoms with van der Waals surface area (Å²) in [6.07, 6.45) is 5.14. The largest absolute Gasteiger partial charge is 0.375 e. The van der Waals surface area contributed by atoms with Crippen molar-refractivity contribution in [3.8, 4) is 6.07 Å². The number of nitrogens with zero attached hydrogens (tertiary/aromatic N) is 1. The van der Waals surface area contributed by atoms with E-state index in [2.05, 4.69) is 6.92 Å². The van der Waals surface area contributed by atoms with Crippen LogP contribution in [0.15, 0.2) is 0 Å². The van der Waals surface area contributed by atoms with Crippen LogP contribution in [0.1, 0.15) is 32.6 Å². The maximum Gasteiger partial charge on any atom is 0.116 e. The molecule has 74 valence electrons. The summed E-state index contributed by atoms with van der Waals surface area (Å²) in [7, 11) is 0. The molecule has 0 heterocycles. The fraction of sp³-hybridized carbons (Fsp3) is 0.900. The average Bonchev–Trinajstić information content (AvgIpc) is 2.14. The van der Waals surface area contributed by atoms with E-state index in [9.17, 15) is 0 Å². The summed E-state index contributed by atoms with van der Waals surface area (Å²) in [5, 5.41) is 8.46. The molecule has 3 atom stereocenters. The predicted molar refractivity (Wildman–Crippen MR) is 51.0 cm³/mol. The summed E-state index contributed by atoms with van der Waals surface area (Å²) >= 11 is 0. The second-order valence-electron chi connectivity index (χ2n) is 3.96. The number of nitrogens with two attached hydrogens (primary N) is 1. The third-order valence-electron chi connectivity index (χ3n) is 2.57. The summed E-state index contributed by atoms with van der Waals surface area (Å²) in [4.78, 5) is 0. The number of hydrogen-bond acceptors (Lipinski definition) is 3. The minimum absolute atomic E-state index is 0.336. The van der Waals surface area contributed by atoms with Crippen LogP contribution < -0.4 is 5.73 Å². The third kappa shape index (κ3) is 3.75. The average molecular weight is 182 g/mol. The van der Waals surface area contributed by atoms with Crippen molar-refractivity contribution in [2.75, 3.05) is 6.61 Å². The Balaban J connectivity index is 2.17. The molecule has 0 aromatic heterocycles. The van der Waals surface area contributed by atoms with Gasteiger partial charge in [-0.05, 0) is 18.8 Å². The monoisotopic (exact) mass is 182 g/mol. The molecule has 1 fully saturated rings. The second kappa shape index (κ2) is 5.21. The minimum Gasteiger partial charge on any atom is -0.375 e. The third-order valence-corrected chi connectivity index (χ3v) is 2.57. The highest BCUT2D eigenvalue weighted by Crippen LogP contribution is 2.25. The van der Waals surface area contributed by atoms with Gasteiger partial charge in [-0.15, -0.1) is 0 Å². The number of hydrogen-bond donors (Lipinski definition) is 1. The van der Waals surface area contributed by atoms with E-state index in [1.807, 2.05) is 6.07 Å². The standard InChI is InChI=1S/C10H18N2O/c1-8-3-2-4-10(5-8)13-7-9(12)6-11/h8-10H,2-5,7,12H2,1H3. The van der Waals surface area contributed by atoms with E-state index in [4.69, 9.17) is 15.7 Å². The maximum atomic E-state index is 8.46. The van der Waals surface area contributed by atoms with Gasteiger partial charge in [0.2, 0.25) is 0 Å². The van der Waals surface area contributed by atoms with Crippen molar-refractivity contribution in [2.45, 2.75) is 44.8 Å². The first-order chi connectivity index (χ1) is 6.22. The zero-order valence-electron chi connectivity index (χ0n) is 8.20. The molecule has 1 rings (SSSR count). The molecule has 0 radical (unpaired) electrons. The van der Waals surface area contributed by atoms with Crippen LogP contribution >= 0.6 is 0 Å². The number of nitriles is 1. The molecule has 0 aliphatic heterocycles. The van der Waals surface area contributed by atoms with Crippen LogP contribution in [-0.4, -0.2) is 18.8 Å². The second-order valence-corrected chi connectivity index (χ2v) is 3.96. The molecule has 1 saturated carbocycles. The van der Waals surface area contributed by atoms with E-state index in [1.165, 1.54) is 12.8 Å². The highest BCUT2D eigenvalue weighted by atomic mass is 16.5. The Morgan fingerprint density at radius 2 is 2.38 bits per heavy atom. The van der Waals surface area contributed by atoms with Crippen LogP contribution in [-0.2, 0) is 4.74 Å². The molecule has 0 saturated heterocycles. The Morgan fingerprint density at radius 3 is 3.00 bits per heavy atom. The molecule has 2 N–H and O–H groups in total. The normalized spacial score (nSPS) is 30.8. The summed E-state index contributed by atoms with van der Waals surface area (Å²) < 4.78 is 5.56. The van der Waals surface area contributed by atoms with E-state index in [0.717, 1.165) is 18.8 Å². The summed E-state index contributed by atoms with van der Waals surface area (Å²) in [6.45, 7) is 2.63. The Bertz CT molecular complexity index is 188. The molecule has 3 heteroatoms. The highest BCUT2D eigenvalue weighted by Gasteiger charge is 2.19. The Morgan fingerprint density at radius 1 is 1.62 bits per heavy atom. The topological polar surface area (TPSA) is 59.0 Å². The van der Waals surface area contributed by atoms with E-state index in [1.54, 1.807) is 0 Å². The lowest BCUT2D eigenvalue weighted by Gasteiger charge is -2.27. The lowest BCUT2D eigenvalue weighted by Crippen LogP contribution is -2.29. The van der Waals surface area contributed by atoms with Gasteiger partial charge in [0.05, 0.1) is 18.8 Å². The van der Waals surface area contributed by atoms with Gasteiger partial charge >= 0.3 is 0 Å². The van der Waals surface area contributed by atoms with E-state index >= 15 is 0 Å². The lowest BCUT2D eigenvalue weighted by atomic mass is 9.89. The van der Waals surface area contributed by atoms with Crippen molar-refractivity contribution >= 4 is 0 Å². The van der Waals surface area contributed by atoms with Crippen molar-refractivity contribution in [1.29, 1.82) is 5.26 Å². The van der Waals surface area contributed by atoms with Crippen LogP contribution in [0.2, 0.25) is 0 Å². The van der Waals surface area contributed by atoms with E-state index in [0.29, 0.717) is 12.7 Å². The lowest BCUT2D eigenvalue weighted by molar-refractivity contribution is 0.0140. The fourth-order valence-electron chi connectivity index (χ4n) is 1.81. The van der Waals surface area contributed by atoms with Gasteiger partial charge in [-0.2, -0.15) is 5.26 Å². The van der Waals surface area contributed by atoms with Gasteiger partial charge in [-0.25, -0.2) is 0 Å². The van der Waals surface area contributed by atoms with Gasteiger partial charge in [0, 0.05) is 0 Å². The summed E-state index contributed by atoms with van der Waals surface area (Å²) in [5.74, 6) is 0.761. The Hall–Kier alpha value is -0.590. The summed E-state index contributed by atoms with van der Waals surface area (Å²) in [5.41, 5.74) is 5.44. The zero-order valence-corrected chi connectivity index (χ0v) is 8.20. The quantitative estimate of drug-likeness (QED) is 0.718. The smallest absolute Gasteiger partial charge is 0.116 e. The minimum atomic E-state index is -0.461. The van der Waals surface area contributed by atoms with Gasteiger partial charge in [-0.1, -0.05) is 19.8 Å². The van der Waals surface area contributed by atoms with Crippen LogP contribution in [0, 0.1) is 17.2 Å². The zero-order chi connectivity index (χ0) is 9.68. The molecule has 0 bridgehead atoms. The number of rotatable bonds is 3. The highest BCUT2D eigenvalue weighted by molar-refractivity contribution is 4.86. The van der Waals surface area contributed by atoms with Crippen molar-refractivity contribution in [2.24, 2.45) is 11.7 Å². The van der Waals surface area contributed by atoms with Gasteiger partial charge < -0.3 is 10.5 Å². The molecule has 13 heavy (non-hydrogen) atoms. The molecule has 0 aromatic rings. The SMILES string of the molecule is CC1CCCC(OCC(N)C#N)C1. The first-order valence-electron chi connectivity index (χ1n) is 4.99. The number of ether oxygens (including phenoxy) is 1. The van der Waals surface area contributed by atoms with Gasteiger partial charge in [0.1, 0.15) is 6.04 Å². The van der Waals surface area contributed by atoms with Gasteiger partial charge in [0.15, 0.2) is 0 Å². The van der Waals surface area contributed by atoms with E-state index in [-0.39, 0.29) is 0 Å². The molecule has 3 nitrogen and oxygen atoms in total.